The summed E-state index contributed by atoms with van der Waals surface area (Å²) in [6.45, 7) is 4.95. The van der Waals surface area contributed by atoms with Crippen molar-refractivity contribution in [2.24, 2.45) is 5.92 Å². The van der Waals surface area contributed by atoms with E-state index in [9.17, 15) is 9.50 Å². The first kappa shape index (κ1) is 15.4. The zero-order valence-electron chi connectivity index (χ0n) is 12.1. The highest BCUT2D eigenvalue weighted by molar-refractivity contribution is 5.07. The number of pyridine rings is 1. The van der Waals surface area contributed by atoms with E-state index in [2.05, 4.69) is 16.8 Å². The van der Waals surface area contributed by atoms with E-state index < -0.39 is 6.10 Å². The number of hydrogen-bond donors (Lipinski definition) is 1. The van der Waals surface area contributed by atoms with E-state index in [1.807, 2.05) is 0 Å². The Morgan fingerprint density at radius 1 is 1.55 bits per heavy atom. The normalized spacial score (nSPS) is 25.6. The van der Waals surface area contributed by atoms with E-state index in [0.29, 0.717) is 18.0 Å². The molecule has 1 aromatic rings. The van der Waals surface area contributed by atoms with E-state index in [1.165, 1.54) is 12.1 Å². The smallest absolute Gasteiger partial charge is 0.141 e. The van der Waals surface area contributed by atoms with Crippen molar-refractivity contribution in [1.29, 1.82) is 0 Å². The highest BCUT2D eigenvalue weighted by Crippen LogP contribution is 2.21. The summed E-state index contributed by atoms with van der Waals surface area (Å²) < 4.78 is 18.3. The third kappa shape index (κ3) is 3.98. The number of likely N-dealkylation sites (tertiary alicyclic amines) is 1. The standard InChI is InChI=1S/C15H23FN2O2/c1-11-5-7-18(10-15(11)20-2)8-6-14(19)13-4-3-12(16)9-17-13/h3-4,9,11,14-15,19H,5-8,10H2,1-2H3. The van der Waals surface area contributed by atoms with Crippen LogP contribution in [0.15, 0.2) is 18.3 Å². The summed E-state index contributed by atoms with van der Waals surface area (Å²) in [5.41, 5.74) is 0.528. The molecule has 2 rings (SSSR count). The minimum absolute atomic E-state index is 0.268. The van der Waals surface area contributed by atoms with Crippen molar-refractivity contribution >= 4 is 0 Å². The highest BCUT2D eigenvalue weighted by Gasteiger charge is 2.26. The molecule has 0 saturated carbocycles. The van der Waals surface area contributed by atoms with Crippen molar-refractivity contribution < 1.29 is 14.2 Å². The lowest BCUT2D eigenvalue weighted by molar-refractivity contribution is -0.00880. The second-order valence-corrected chi connectivity index (χ2v) is 5.55. The Balaban J connectivity index is 1.81. The van der Waals surface area contributed by atoms with Crippen molar-refractivity contribution in [3.8, 4) is 0 Å². The molecule has 1 aliphatic rings. The minimum Gasteiger partial charge on any atom is -0.387 e. The van der Waals surface area contributed by atoms with Gasteiger partial charge in [-0.1, -0.05) is 6.92 Å². The number of aliphatic hydroxyl groups excluding tert-OH is 1. The number of piperidine rings is 1. The SMILES string of the molecule is COC1CN(CCC(O)c2ccc(F)cn2)CCC1C. The van der Waals surface area contributed by atoms with Gasteiger partial charge in [-0.25, -0.2) is 4.39 Å². The Morgan fingerprint density at radius 2 is 2.35 bits per heavy atom. The molecule has 0 bridgehead atoms. The summed E-state index contributed by atoms with van der Waals surface area (Å²) >= 11 is 0. The molecule has 3 atom stereocenters. The molecule has 0 aromatic carbocycles. The van der Waals surface area contributed by atoms with Crippen LogP contribution in [0.25, 0.3) is 0 Å². The van der Waals surface area contributed by atoms with Crippen molar-refractivity contribution in [2.75, 3.05) is 26.7 Å². The fourth-order valence-corrected chi connectivity index (χ4v) is 2.64. The summed E-state index contributed by atoms with van der Waals surface area (Å²) in [7, 11) is 1.75. The number of rotatable bonds is 5. The molecule has 0 radical (unpaired) electrons. The molecule has 0 amide bonds. The van der Waals surface area contributed by atoms with Gasteiger partial charge >= 0.3 is 0 Å². The minimum atomic E-state index is -0.643. The number of ether oxygens (including phenoxy) is 1. The van der Waals surface area contributed by atoms with Crippen LogP contribution in [0.2, 0.25) is 0 Å². The second kappa shape index (κ2) is 7.11. The molecule has 1 aromatic heterocycles. The Morgan fingerprint density at radius 3 is 3.00 bits per heavy atom. The van der Waals surface area contributed by atoms with Crippen LogP contribution in [-0.2, 0) is 4.74 Å². The molecule has 112 valence electrons. The zero-order chi connectivity index (χ0) is 14.5. The molecule has 1 aliphatic heterocycles. The Bertz CT molecular complexity index is 413. The van der Waals surface area contributed by atoms with Crippen LogP contribution in [0.3, 0.4) is 0 Å². The van der Waals surface area contributed by atoms with Gasteiger partial charge in [-0.3, -0.25) is 4.98 Å². The fraction of sp³-hybridized carbons (Fsp3) is 0.667. The van der Waals surface area contributed by atoms with Crippen LogP contribution >= 0.6 is 0 Å². The number of aromatic nitrogens is 1. The monoisotopic (exact) mass is 282 g/mol. The average Bonchev–Trinajstić information content (AvgIpc) is 2.46. The van der Waals surface area contributed by atoms with Crippen molar-refractivity contribution in [2.45, 2.75) is 32.0 Å². The maximum absolute atomic E-state index is 12.8. The van der Waals surface area contributed by atoms with Crippen molar-refractivity contribution in [1.82, 2.24) is 9.88 Å². The fourth-order valence-electron chi connectivity index (χ4n) is 2.64. The molecule has 4 nitrogen and oxygen atoms in total. The zero-order valence-corrected chi connectivity index (χ0v) is 12.1. The Labute approximate surface area is 119 Å². The maximum atomic E-state index is 12.8. The van der Waals surface area contributed by atoms with Crippen molar-refractivity contribution in [3.05, 3.63) is 29.8 Å². The summed E-state index contributed by atoms with van der Waals surface area (Å²) in [4.78, 5) is 6.22. The van der Waals surface area contributed by atoms with Crippen LogP contribution in [0.4, 0.5) is 4.39 Å². The van der Waals surface area contributed by atoms with Crippen molar-refractivity contribution in [3.63, 3.8) is 0 Å². The quantitative estimate of drug-likeness (QED) is 0.897. The van der Waals surface area contributed by atoms with Crippen LogP contribution in [0, 0.1) is 11.7 Å². The van der Waals surface area contributed by atoms with Gasteiger partial charge in [0, 0.05) is 20.2 Å². The van der Waals surface area contributed by atoms with Gasteiger partial charge in [0.05, 0.1) is 24.1 Å². The van der Waals surface area contributed by atoms with Crippen LogP contribution in [0.5, 0.6) is 0 Å². The van der Waals surface area contributed by atoms with E-state index in [0.717, 1.165) is 32.3 Å². The molecule has 1 fully saturated rings. The second-order valence-electron chi connectivity index (χ2n) is 5.55. The highest BCUT2D eigenvalue weighted by atomic mass is 19.1. The van der Waals surface area contributed by atoms with Crippen LogP contribution in [-0.4, -0.2) is 47.8 Å². The first-order chi connectivity index (χ1) is 9.60. The topological polar surface area (TPSA) is 45.6 Å². The molecular formula is C15H23FN2O2. The number of halogens is 1. The van der Waals surface area contributed by atoms with Crippen LogP contribution in [0.1, 0.15) is 31.6 Å². The van der Waals surface area contributed by atoms with Crippen LogP contribution < -0.4 is 0 Å². The van der Waals surface area contributed by atoms with Gasteiger partial charge in [0.15, 0.2) is 0 Å². The molecule has 1 saturated heterocycles. The van der Waals surface area contributed by atoms with Gasteiger partial charge in [-0.15, -0.1) is 0 Å². The number of hydrogen-bond acceptors (Lipinski definition) is 4. The lowest BCUT2D eigenvalue weighted by Crippen LogP contribution is -2.44. The summed E-state index contributed by atoms with van der Waals surface area (Å²) in [5.74, 6) is 0.203. The number of aliphatic hydroxyl groups is 1. The molecule has 20 heavy (non-hydrogen) atoms. The van der Waals surface area contributed by atoms with E-state index in [-0.39, 0.29) is 11.9 Å². The van der Waals surface area contributed by atoms with E-state index in [4.69, 9.17) is 4.74 Å². The maximum Gasteiger partial charge on any atom is 0.141 e. The molecule has 2 heterocycles. The predicted molar refractivity (Wildman–Crippen MR) is 74.8 cm³/mol. The third-order valence-corrected chi connectivity index (χ3v) is 4.09. The summed E-state index contributed by atoms with van der Waals surface area (Å²) in [5, 5.41) is 10.1. The van der Waals surface area contributed by atoms with Gasteiger partial charge in [-0.2, -0.15) is 0 Å². The third-order valence-electron chi connectivity index (χ3n) is 4.09. The van der Waals surface area contributed by atoms with Gasteiger partial charge < -0.3 is 14.7 Å². The molecule has 1 N–H and O–H groups in total. The van der Waals surface area contributed by atoms with Gasteiger partial charge in [-0.05, 0) is 37.4 Å². The summed E-state index contributed by atoms with van der Waals surface area (Å²) in [6, 6.07) is 2.87. The van der Waals surface area contributed by atoms with Gasteiger partial charge in [0.2, 0.25) is 0 Å². The Hall–Kier alpha value is -1.04. The van der Waals surface area contributed by atoms with Gasteiger partial charge in [0.25, 0.3) is 0 Å². The summed E-state index contributed by atoms with van der Waals surface area (Å²) in [6.07, 6.45) is 2.48. The molecule has 0 spiro atoms. The first-order valence-corrected chi connectivity index (χ1v) is 7.15. The first-order valence-electron chi connectivity index (χ1n) is 7.15. The lowest BCUT2D eigenvalue weighted by Gasteiger charge is -2.36. The Kier molecular flexibility index (Phi) is 5.46. The molecule has 5 heteroatoms. The predicted octanol–water partition coefficient (Wildman–Crippen LogP) is 2.00. The molecule has 0 aliphatic carbocycles. The number of nitrogens with zero attached hydrogens (tertiary/aromatic N) is 2. The largest absolute Gasteiger partial charge is 0.387 e. The lowest BCUT2D eigenvalue weighted by atomic mass is 9.95. The average molecular weight is 282 g/mol. The number of methoxy groups -OCH3 is 1. The van der Waals surface area contributed by atoms with Gasteiger partial charge in [0.1, 0.15) is 5.82 Å². The molecular weight excluding hydrogens is 259 g/mol. The van der Waals surface area contributed by atoms with E-state index in [1.54, 1.807) is 7.11 Å². The molecule has 3 unspecified atom stereocenters. The van der Waals surface area contributed by atoms with E-state index >= 15 is 0 Å².